The maximum atomic E-state index is 11.2. The average molecular weight is 226 g/mol. The molecule has 1 aromatic rings. The van der Waals surface area contributed by atoms with Crippen molar-refractivity contribution in [3.05, 3.63) is 23.3 Å². The van der Waals surface area contributed by atoms with Crippen molar-refractivity contribution in [2.45, 2.75) is 0 Å². The van der Waals surface area contributed by atoms with Crippen LogP contribution in [0.15, 0.2) is 12.1 Å². The van der Waals surface area contributed by atoms with Gasteiger partial charge in [0.2, 0.25) is 0 Å². The number of aromatic hydroxyl groups is 2. The molecule has 0 spiro atoms. The van der Waals surface area contributed by atoms with Crippen molar-refractivity contribution in [2.75, 3.05) is 0 Å². The monoisotopic (exact) mass is 226 g/mol. The molecule has 8 N–H and O–H groups in total. The number of hydrogen-bond donors (Lipinski definition) is 6. The first-order valence-electron chi connectivity index (χ1n) is 4.09. The SMILES string of the molecule is NNC(=O)c1cc(C(=O)NN)c(O)cc1O. The van der Waals surface area contributed by atoms with Crippen molar-refractivity contribution >= 4 is 11.8 Å². The van der Waals surface area contributed by atoms with Gasteiger partial charge in [0.25, 0.3) is 11.8 Å². The summed E-state index contributed by atoms with van der Waals surface area (Å²) >= 11 is 0. The van der Waals surface area contributed by atoms with Crippen molar-refractivity contribution in [1.29, 1.82) is 0 Å². The van der Waals surface area contributed by atoms with Crippen LogP contribution in [0.25, 0.3) is 0 Å². The predicted octanol–water partition coefficient (Wildman–Crippen LogP) is -1.70. The summed E-state index contributed by atoms with van der Waals surface area (Å²) in [7, 11) is 0. The Labute approximate surface area is 89.8 Å². The van der Waals surface area contributed by atoms with Crippen molar-refractivity contribution in [2.24, 2.45) is 11.7 Å². The van der Waals surface area contributed by atoms with E-state index in [1.165, 1.54) is 0 Å². The molecule has 0 aliphatic rings. The Bertz CT molecular complexity index is 409. The quantitative estimate of drug-likeness (QED) is 0.201. The van der Waals surface area contributed by atoms with Crippen LogP contribution in [0.3, 0.4) is 0 Å². The maximum absolute atomic E-state index is 11.2. The lowest BCUT2D eigenvalue weighted by atomic mass is 10.1. The van der Waals surface area contributed by atoms with E-state index in [0.717, 1.165) is 12.1 Å². The summed E-state index contributed by atoms with van der Waals surface area (Å²) in [5.41, 5.74) is 3.06. The van der Waals surface area contributed by atoms with Gasteiger partial charge in [0.05, 0.1) is 11.1 Å². The molecule has 0 fully saturated rings. The topological polar surface area (TPSA) is 151 Å². The van der Waals surface area contributed by atoms with Crippen LogP contribution in [0.1, 0.15) is 20.7 Å². The summed E-state index contributed by atoms with van der Waals surface area (Å²) in [6.07, 6.45) is 0. The minimum atomic E-state index is -0.802. The number of nitrogens with one attached hydrogen (secondary N) is 2. The Morgan fingerprint density at radius 1 is 0.938 bits per heavy atom. The van der Waals surface area contributed by atoms with Gasteiger partial charge < -0.3 is 10.2 Å². The van der Waals surface area contributed by atoms with E-state index in [-0.39, 0.29) is 11.1 Å². The van der Waals surface area contributed by atoms with Crippen LogP contribution in [-0.2, 0) is 0 Å². The van der Waals surface area contributed by atoms with E-state index in [1.807, 2.05) is 0 Å². The van der Waals surface area contributed by atoms with Crippen LogP contribution in [-0.4, -0.2) is 22.0 Å². The first-order chi connectivity index (χ1) is 7.51. The highest BCUT2D eigenvalue weighted by Gasteiger charge is 2.17. The minimum Gasteiger partial charge on any atom is -0.507 e. The molecule has 8 heteroatoms. The highest BCUT2D eigenvalue weighted by Crippen LogP contribution is 2.27. The molecular weight excluding hydrogens is 216 g/mol. The number of hydrogen-bond acceptors (Lipinski definition) is 6. The summed E-state index contributed by atoms with van der Waals surface area (Å²) in [6, 6.07) is 1.81. The summed E-state index contributed by atoms with van der Waals surface area (Å²) in [5.74, 6) is 7.13. The van der Waals surface area contributed by atoms with Crippen LogP contribution in [0.5, 0.6) is 11.5 Å². The lowest BCUT2D eigenvalue weighted by Gasteiger charge is -2.07. The molecule has 0 saturated carbocycles. The van der Waals surface area contributed by atoms with Crippen LogP contribution in [0.4, 0.5) is 0 Å². The van der Waals surface area contributed by atoms with Gasteiger partial charge in [-0.3, -0.25) is 20.4 Å². The lowest BCUT2D eigenvalue weighted by molar-refractivity contribution is 0.0951. The number of phenols is 2. The second-order valence-electron chi connectivity index (χ2n) is 2.83. The Balaban J connectivity index is 3.32. The second-order valence-corrected chi connectivity index (χ2v) is 2.83. The Kier molecular flexibility index (Phi) is 3.28. The summed E-state index contributed by atoms with van der Waals surface area (Å²) in [4.78, 5) is 22.3. The Morgan fingerprint density at radius 2 is 1.31 bits per heavy atom. The number of amides is 2. The molecule has 0 bridgehead atoms. The van der Waals surface area contributed by atoms with Gasteiger partial charge >= 0.3 is 0 Å². The summed E-state index contributed by atoms with van der Waals surface area (Å²) < 4.78 is 0. The summed E-state index contributed by atoms with van der Waals surface area (Å²) in [6.45, 7) is 0. The number of benzene rings is 1. The smallest absolute Gasteiger partial charge is 0.268 e. The fourth-order valence-corrected chi connectivity index (χ4v) is 1.10. The van der Waals surface area contributed by atoms with Crippen molar-refractivity contribution in [3.8, 4) is 11.5 Å². The fraction of sp³-hybridized carbons (Fsp3) is 0. The van der Waals surface area contributed by atoms with E-state index >= 15 is 0 Å². The number of hydrazine groups is 2. The molecule has 0 aliphatic carbocycles. The van der Waals surface area contributed by atoms with Gasteiger partial charge in [-0.2, -0.15) is 0 Å². The normalized spacial score (nSPS) is 9.62. The van der Waals surface area contributed by atoms with Gasteiger partial charge in [0.1, 0.15) is 11.5 Å². The molecule has 0 unspecified atom stereocenters. The maximum Gasteiger partial charge on any atom is 0.268 e. The standard InChI is InChI=1S/C8H10N4O4/c9-11-7(15)3-1-4(8(16)12-10)6(14)2-5(3)13/h1-2,13-14H,9-10H2,(H,11,15)(H,12,16). The second kappa shape index (κ2) is 4.47. The molecule has 0 aliphatic heterocycles. The minimum absolute atomic E-state index is 0.251. The summed E-state index contributed by atoms with van der Waals surface area (Å²) in [5, 5.41) is 18.7. The average Bonchev–Trinajstić information content (AvgIpc) is 2.27. The molecule has 2 amide bonds. The molecule has 0 heterocycles. The highest BCUT2D eigenvalue weighted by atomic mass is 16.3. The number of nitrogens with two attached hydrogens (primary N) is 2. The first kappa shape index (κ1) is 11.8. The van der Waals surface area contributed by atoms with E-state index in [4.69, 9.17) is 11.7 Å². The Hall–Kier alpha value is -2.32. The van der Waals surface area contributed by atoms with Crippen molar-refractivity contribution in [1.82, 2.24) is 10.9 Å². The third-order valence-electron chi connectivity index (χ3n) is 1.87. The van der Waals surface area contributed by atoms with E-state index in [9.17, 15) is 19.8 Å². The zero-order chi connectivity index (χ0) is 12.3. The number of carbonyl (C=O) groups excluding carboxylic acids is 2. The molecule has 0 aromatic heterocycles. The van der Waals surface area contributed by atoms with Crippen LogP contribution < -0.4 is 22.5 Å². The van der Waals surface area contributed by atoms with E-state index < -0.39 is 23.3 Å². The van der Waals surface area contributed by atoms with Gasteiger partial charge in [-0.15, -0.1) is 0 Å². The zero-order valence-corrected chi connectivity index (χ0v) is 8.02. The third-order valence-corrected chi connectivity index (χ3v) is 1.87. The van der Waals surface area contributed by atoms with Gasteiger partial charge in [-0.05, 0) is 6.07 Å². The molecule has 8 nitrogen and oxygen atoms in total. The third kappa shape index (κ3) is 2.02. The molecule has 0 saturated heterocycles. The molecule has 1 rings (SSSR count). The zero-order valence-electron chi connectivity index (χ0n) is 8.02. The van der Waals surface area contributed by atoms with Gasteiger partial charge in [0.15, 0.2) is 0 Å². The molecule has 0 atom stereocenters. The van der Waals surface area contributed by atoms with Crippen LogP contribution in [0.2, 0.25) is 0 Å². The lowest BCUT2D eigenvalue weighted by Crippen LogP contribution is -2.32. The van der Waals surface area contributed by atoms with Gasteiger partial charge in [-0.25, -0.2) is 11.7 Å². The molecule has 0 radical (unpaired) electrons. The van der Waals surface area contributed by atoms with Gasteiger partial charge in [0, 0.05) is 6.07 Å². The molecule has 16 heavy (non-hydrogen) atoms. The molecule has 1 aromatic carbocycles. The van der Waals surface area contributed by atoms with Crippen molar-refractivity contribution < 1.29 is 19.8 Å². The number of phenolic OH excluding ortho intramolecular Hbond substituents is 2. The van der Waals surface area contributed by atoms with E-state index in [2.05, 4.69) is 0 Å². The number of carbonyl (C=O) groups is 2. The molecule has 86 valence electrons. The number of rotatable bonds is 2. The fourth-order valence-electron chi connectivity index (χ4n) is 1.10. The van der Waals surface area contributed by atoms with Crippen LogP contribution in [0, 0.1) is 0 Å². The van der Waals surface area contributed by atoms with Crippen molar-refractivity contribution in [3.63, 3.8) is 0 Å². The molecular formula is C8H10N4O4. The van der Waals surface area contributed by atoms with E-state index in [1.54, 1.807) is 10.9 Å². The van der Waals surface area contributed by atoms with Gasteiger partial charge in [-0.1, -0.05) is 0 Å². The largest absolute Gasteiger partial charge is 0.507 e. The predicted molar refractivity (Wildman–Crippen MR) is 53.1 cm³/mol. The Morgan fingerprint density at radius 3 is 1.62 bits per heavy atom. The van der Waals surface area contributed by atoms with Crippen LogP contribution >= 0.6 is 0 Å². The number of nitrogen functional groups attached to an aromatic ring is 2. The van der Waals surface area contributed by atoms with E-state index in [0.29, 0.717) is 0 Å². The first-order valence-corrected chi connectivity index (χ1v) is 4.09. The highest BCUT2D eigenvalue weighted by molar-refractivity contribution is 6.02.